The Balaban J connectivity index is 2.11. The molecule has 0 radical (unpaired) electrons. The van der Waals surface area contributed by atoms with E-state index in [1.165, 1.54) is 24.9 Å². The van der Waals surface area contributed by atoms with Crippen LogP contribution < -0.4 is 5.32 Å². The van der Waals surface area contributed by atoms with Gasteiger partial charge in [-0.3, -0.25) is 0 Å². The first-order valence-electron chi connectivity index (χ1n) is 7.93. The van der Waals surface area contributed by atoms with Gasteiger partial charge >= 0.3 is 0 Å². The predicted octanol–water partition coefficient (Wildman–Crippen LogP) is 3.80. The second-order valence-corrected chi connectivity index (χ2v) is 5.29. The van der Waals surface area contributed by atoms with Crippen molar-refractivity contribution >= 4 is 6.08 Å². The molecule has 0 aliphatic carbocycles. The largest absolute Gasteiger partial charge is 0.311 e. The van der Waals surface area contributed by atoms with Crippen LogP contribution in [0.25, 0.3) is 6.08 Å². The molecule has 1 aromatic carbocycles. The summed E-state index contributed by atoms with van der Waals surface area (Å²) < 4.78 is 0. The molecule has 1 N–H and O–H groups in total. The van der Waals surface area contributed by atoms with Crippen LogP contribution >= 0.6 is 0 Å². The van der Waals surface area contributed by atoms with Crippen LogP contribution in [-0.4, -0.2) is 37.1 Å². The van der Waals surface area contributed by atoms with Crippen molar-refractivity contribution in [2.45, 2.75) is 39.7 Å². The zero-order chi connectivity index (χ0) is 14.6. The second-order valence-electron chi connectivity index (χ2n) is 5.29. The summed E-state index contributed by atoms with van der Waals surface area (Å²) in [6.07, 6.45) is 6.90. The van der Waals surface area contributed by atoms with Crippen molar-refractivity contribution < 1.29 is 0 Å². The number of hydrogen-bond donors (Lipinski definition) is 1. The summed E-state index contributed by atoms with van der Waals surface area (Å²) >= 11 is 0. The lowest BCUT2D eigenvalue weighted by molar-refractivity contribution is 0.291. The molecule has 0 aliphatic rings. The van der Waals surface area contributed by atoms with Crippen molar-refractivity contribution in [1.82, 2.24) is 10.2 Å². The lowest BCUT2D eigenvalue weighted by Crippen LogP contribution is -2.29. The van der Waals surface area contributed by atoms with Gasteiger partial charge in [-0.15, -0.1) is 0 Å². The third-order valence-corrected chi connectivity index (χ3v) is 3.70. The molecule has 2 heteroatoms. The SMILES string of the molecule is CCN(CC)CCCC(C)NC/C=C/c1ccccc1. The maximum Gasteiger partial charge on any atom is 0.0140 e. The maximum absolute atomic E-state index is 3.56. The normalized spacial score (nSPS) is 13.2. The predicted molar refractivity (Wildman–Crippen MR) is 90.0 cm³/mol. The molecule has 0 heterocycles. The van der Waals surface area contributed by atoms with Gasteiger partial charge in [0.1, 0.15) is 0 Å². The van der Waals surface area contributed by atoms with Crippen molar-refractivity contribution in [3.8, 4) is 0 Å². The standard InChI is InChI=1S/C18H30N2/c1-4-20(5-2)16-10-11-17(3)19-15-9-14-18-12-7-6-8-13-18/h6-9,12-14,17,19H,4-5,10-11,15-16H2,1-3H3/b14-9+. The molecule has 1 atom stereocenters. The Hall–Kier alpha value is -1.12. The van der Waals surface area contributed by atoms with Gasteiger partial charge in [0, 0.05) is 12.6 Å². The third kappa shape index (κ3) is 7.46. The van der Waals surface area contributed by atoms with E-state index in [1.807, 2.05) is 6.07 Å². The third-order valence-electron chi connectivity index (χ3n) is 3.70. The Morgan fingerprint density at radius 2 is 1.85 bits per heavy atom. The van der Waals surface area contributed by atoms with Gasteiger partial charge in [-0.1, -0.05) is 56.3 Å². The van der Waals surface area contributed by atoms with Gasteiger partial charge in [-0.25, -0.2) is 0 Å². The van der Waals surface area contributed by atoms with E-state index in [2.05, 4.69) is 67.4 Å². The first kappa shape index (κ1) is 16.9. The fourth-order valence-corrected chi connectivity index (χ4v) is 2.29. The van der Waals surface area contributed by atoms with Crippen molar-refractivity contribution in [1.29, 1.82) is 0 Å². The van der Waals surface area contributed by atoms with Crippen molar-refractivity contribution in [3.05, 3.63) is 42.0 Å². The highest BCUT2D eigenvalue weighted by Crippen LogP contribution is 2.01. The quantitative estimate of drug-likeness (QED) is 0.698. The molecular weight excluding hydrogens is 244 g/mol. The zero-order valence-corrected chi connectivity index (χ0v) is 13.3. The number of rotatable bonds is 10. The summed E-state index contributed by atoms with van der Waals surface area (Å²) in [5.74, 6) is 0. The smallest absolute Gasteiger partial charge is 0.0140 e. The fraction of sp³-hybridized carbons (Fsp3) is 0.556. The van der Waals surface area contributed by atoms with Gasteiger partial charge in [0.05, 0.1) is 0 Å². The van der Waals surface area contributed by atoms with Gasteiger partial charge in [-0.2, -0.15) is 0 Å². The summed E-state index contributed by atoms with van der Waals surface area (Å²) in [5, 5.41) is 3.56. The minimum atomic E-state index is 0.589. The molecule has 1 aromatic rings. The Kier molecular flexibility index (Phi) is 9.01. The van der Waals surface area contributed by atoms with E-state index in [1.54, 1.807) is 0 Å². The van der Waals surface area contributed by atoms with E-state index in [0.29, 0.717) is 6.04 Å². The fourth-order valence-electron chi connectivity index (χ4n) is 2.29. The molecular formula is C18H30N2. The van der Waals surface area contributed by atoms with Crippen LogP contribution in [0.4, 0.5) is 0 Å². The molecule has 0 aromatic heterocycles. The van der Waals surface area contributed by atoms with E-state index < -0.39 is 0 Å². The lowest BCUT2D eigenvalue weighted by atomic mass is 10.1. The van der Waals surface area contributed by atoms with Crippen LogP contribution in [-0.2, 0) is 0 Å². The molecule has 1 unspecified atom stereocenters. The molecule has 0 aliphatic heterocycles. The molecule has 1 rings (SSSR count). The Morgan fingerprint density at radius 3 is 2.50 bits per heavy atom. The topological polar surface area (TPSA) is 15.3 Å². The van der Waals surface area contributed by atoms with Gasteiger partial charge < -0.3 is 10.2 Å². The van der Waals surface area contributed by atoms with Gasteiger partial charge in [0.15, 0.2) is 0 Å². The molecule has 0 saturated carbocycles. The van der Waals surface area contributed by atoms with Crippen LogP contribution in [0.1, 0.15) is 39.2 Å². The van der Waals surface area contributed by atoms with E-state index in [-0.39, 0.29) is 0 Å². The highest BCUT2D eigenvalue weighted by atomic mass is 15.1. The van der Waals surface area contributed by atoms with Crippen molar-refractivity contribution in [3.63, 3.8) is 0 Å². The highest BCUT2D eigenvalue weighted by Gasteiger charge is 2.02. The number of nitrogens with zero attached hydrogens (tertiary/aromatic N) is 1. The number of hydrogen-bond acceptors (Lipinski definition) is 2. The average molecular weight is 274 g/mol. The van der Waals surface area contributed by atoms with E-state index in [0.717, 1.165) is 19.6 Å². The van der Waals surface area contributed by atoms with E-state index >= 15 is 0 Å². The molecule has 0 fully saturated rings. The summed E-state index contributed by atoms with van der Waals surface area (Å²) in [6.45, 7) is 11.2. The first-order valence-corrected chi connectivity index (χ1v) is 7.93. The Bertz CT molecular complexity index is 355. The zero-order valence-electron chi connectivity index (χ0n) is 13.3. The summed E-state index contributed by atoms with van der Waals surface area (Å²) in [5.41, 5.74) is 1.27. The summed E-state index contributed by atoms with van der Waals surface area (Å²) in [4.78, 5) is 2.49. The molecule has 2 nitrogen and oxygen atoms in total. The van der Waals surface area contributed by atoms with Gasteiger partial charge in [-0.05, 0) is 45.0 Å². The highest BCUT2D eigenvalue weighted by molar-refractivity contribution is 5.48. The minimum Gasteiger partial charge on any atom is -0.311 e. The van der Waals surface area contributed by atoms with Crippen LogP contribution in [0, 0.1) is 0 Å². The van der Waals surface area contributed by atoms with Crippen LogP contribution in [0.2, 0.25) is 0 Å². The summed E-state index contributed by atoms with van der Waals surface area (Å²) in [7, 11) is 0. The first-order chi connectivity index (χ1) is 9.76. The van der Waals surface area contributed by atoms with E-state index in [4.69, 9.17) is 0 Å². The summed E-state index contributed by atoms with van der Waals surface area (Å²) in [6, 6.07) is 11.0. The van der Waals surface area contributed by atoms with Crippen LogP contribution in [0.3, 0.4) is 0 Å². The van der Waals surface area contributed by atoms with Gasteiger partial charge in [0.2, 0.25) is 0 Å². The minimum absolute atomic E-state index is 0.589. The van der Waals surface area contributed by atoms with Crippen molar-refractivity contribution in [2.75, 3.05) is 26.2 Å². The second kappa shape index (κ2) is 10.6. The lowest BCUT2D eigenvalue weighted by Gasteiger charge is -2.19. The average Bonchev–Trinajstić information content (AvgIpc) is 2.49. The maximum atomic E-state index is 3.56. The number of benzene rings is 1. The van der Waals surface area contributed by atoms with Crippen LogP contribution in [0.15, 0.2) is 36.4 Å². The monoisotopic (exact) mass is 274 g/mol. The Morgan fingerprint density at radius 1 is 1.15 bits per heavy atom. The molecule has 0 saturated heterocycles. The molecule has 0 bridgehead atoms. The van der Waals surface area contributed by atoms with Crippen molar-refractivity contribution in [2.24, 2.45) is 0 Å². The molecule has 0 spiro atoms. The Labute approximate surface area is 124 Å². The molecule has 112 valence electrons. The van der Waals surface area contributed by atoms with Crippen LogP contribution in [0.5, 0.6) is 0 Å². The number of nitrogens with one attached hydrogen (secondary N) is 1. The molecule has 0 amide bonds. The van der Waals surface area contributed by atoms with Gasteiger partial charge in [0.25, 0.3) is 0 Å². The molecule has 20 heavy (non-hydrogen) atoms. The van der Waals surface area contributed by atoms with E-state index in [9.17, 15) is 0 Å².